The minimum atomic E-state index is -0.340. The number of aliphatic hydroxyl groups excluding tert-OH is 1. The molecule has 3 heteroatoms. The highest BCUT2D eigenvalue weighted by Crippen LogP contribution is 2.67. The largest absolute Gasteiger partial charge is 0.462 e. The summed E-state index contributed by atoms with van der Waals surface area (Å²) >= 11 is 0. The van der Waals surface area contributed by atoms with Crippen molar-refractivity contribution in [2.75, 3.05) is 0 Å². The van der Waals surface area contributed by atoms with Gasteiger partial charge in [-0.25, -0.2) is 0 Å². The van der Waals surface area contributed by atoms with Crippen LogP contribution in [0.1, 0.15) is 126 Å². The number of rotatable bonds is 9. The van der Waals surface area contributed by atoms with Crippen molar-refractivity contribution in [3.8, 4) is 0 Å². The second kappa shape index (κ2) is 11.1. The van der Waals surface area contributed by atoms with Crippen molar-refractivity contribution in [3.05, 3.63) is 11.6 Å². The van der Waals surface area contributed by atoms with Gasteiger partial charge in [-0.3, -0.25) is 4.79 Å². The Morgan fingerprint density at radius 3 is 2.39 bits per heavy atom. The second-order valence-corrected chi connectivity index (χ2v) is 14.7. The third kappa shape index (κ3) is 5.48. The summed E-state index contributed by atoms with van der Waals surface area (Å²) < 4.78 is 5.92. The smallest absolute Gasteiger partial charge is 0.306 e. The zero-order valence-electron chi connectivity index (χ0n) is 24.5. The molecular formula is C33H56O3. The van der Waals surface area contributed by atoms with E-state index in [1.54, 1.807) is 0 Å². The zero-order valence-corrected chi connectivity index (χ0v) is 24.5. The summed E-state index contributed by atoms with van der Waals surface area (Å²) in [4.78, 5) is 12.4. The van der Waals surface area contributed by atoms with Crippen LogP contribution in [0.3, 0.4) is 0 Å². The Hall–Kier alpha value is -0.830. The van der Waals surface area contributed by atoms with Crippen molar-refractivity contribution in [2.45, 2.75) is 138 Å². The fraction of sp³-hybridized carbons (Fsp3) is 0.909. The number of carbonyl (C=O) groups excluding carboxylic acids is 1. The van der Waals surface area contributed by atoms with Crippen molar-refractivity contribution in [1.29, 1.82) is 0 Å². The predicted octanol–water partition coefficient (Wildman–Crippen LogP) is 8.35. The van der Waals surface area contributed by atoms with Crippen LogP contribution in [-0.4, -0.2) is 23.3 Å². The van der Waals surface area contributed by atoms with E-state index in [1.807, 2.05) is 0 Å². The van der Waals surface area contributed by atoms with E-state index in [4.69, 9.17) is 4.74 Å². The summed E-state index contributed by atoms with van der Waals surface area (Å²) in [5.41, 5.74) is 1.92. The second-order valence-electron chi connectivity index (χ2n) is 14.7. The van der Waals surface area contributed by atoms with E-state index in [0.29, 0.717) is 35.5 Å². The quantitative estimate of drug-likeness (QED) is 0.255. The van der Waals surface area contributed by atoms with Gasteiger partial charge in [0.1, 0.15) is 6.10 Å². The number of fused-ring (bicyclic) bond motifs is 5. The Morgan fingerprint density at radius 2 is 1.69 bits per heavy atom. The zero-order chi connectivity index (χ0) is 26.3. The van der Waals surface area contributed by atoms with Crippen molar-refractivity contribution < 1.29 is 14.6 Å². The van der Waals surface area contributed by atoms with Crippen LogP contribution in [0.4, 0.5) is 0 Å². The van der Waals surface area contributed by atoms with Crippen molar-refractivity contribution >= 4 is 5.97 Å². The highest BCUT2D eigenvalue weighted by molar-refractivity contribution is 5.69. The van der Waals surface area contributed by atoms with Gasteiger partial charge in [0.05, 0.1) is 6.10 Å². The van der Waals surface area contributed by atoms with Crippen LogP contribution in [0, 0.1) is 52.3 Å². The average molecular weight is 501 g/mol. The molecule has 0 aromatic rings. The van der Waals surface area contributed by atoms with Crippen molar-refractivity contribution in [2.24, 2.45) is 52.3 Å². The van der Waals surface area contributed by atoms with Crippen LogP contribution in [0.5, 0.6) is 0 Å². The summed E-state index contributed by atoms with van der Waals surface area (Å²) in [5, 5.41) is 11.6. The van der Waals surface area contributed by atoms with Crippen molar-refractivity contribution in [1.82, 2.24) is 0 Å². The van der Waals surface area contributed by atoms with Gasteiger partial charge in [0.2, 0.25) is 0 Å². The minimum absolute atomic E-state index is 0.0101. The lowest BCUT2D eigenvalue weighted by molar-refractivity contribution is -0.152. The first-order chi connectivity index (χ1) is 17.0. The lowest BCUT2D eigenvalue weighted by Crippen LogP contribution is -2.55. The molecule has 3 saturated carbocycles. The van der Waals surface area contributed by atoms with Crippen LogP contribution in [0.25, 0.3) is 0 Å². The minimum Gasteiger partial charge on any atom is -0.462 e. The molecule has 206 valence electrons. The Morgan fingerprint density at radius 1 is 0.972 bits per heavy atom. The standard InChI is InChI=1S/C33H56O3/c1-21(2)9-8-10-23(5)26-12-13-27-31-28(16-18-33(26,27)7)32(6)17-15-25(19-24(32)20-29(31)34)36-30(35)14-11-22(3)4/h20-23,25-29,31,34H,8-19H2,1-7H3. The van der Waals surface area contributed by atoms with Gasteiger partial charge in [0.15, 0.2) is 0 Å². The van der Waals surface area contributed by atoms with E-state index in [9.17, 15) is 9.90 Å². The van der Waals surface area contributed by atoms with Gasteiger partial charge in [0, 0.05) is 12.8 Å². The van der Waals surface area contributed by atoms with Crippen LogP contribution in [-0.2, 0) is 9.53 Å². The number of esters is 1. The lowest BCUT2D eigenvalue weighted by Gasteiger charge is -2.59. The number of ether oxygens (including phenoxy) is 1. The van der Waals surface area contributed by atoms with Gasteiger partial charge in [-0.2, -0.15) is 0 Å². The third-order valence-electron chi connectivity index (χ3n) is 11.5. The van der Waals surface area contributed by atoms with Gasteiger partial charge < -0.3 is 9.84 Å². The Bertz CT molecular complexity index is 799. The van der Waals surface area contributed by atoms with E-state index in [1.165, 1.54) is 50.5 Å². The third-order valence-corrected chi connectivity index (χ3v) is 11.5. The normalized spacial score (nSPS) is 40.9. The molecule has 0 spiro atoms. The van der Waals surface area contributed by atoms with Crippen LogP contribution in [0.15, 0.2) is 11.6 Å². The summed E-state index contributed by atoms with van der Waals surface area (Å²) in [6.45, 7) is 16.6. The lowest BCUT2D eigenvalue weighted by atomic mass is 9.46. The number of carbonyl (C=O) groups is 1. The van der Waals surface area contributed by atoms with Gasteiger partial charge in [-0.1, -0.05) is 79.4 Å². The van der Waals surface area contributed by atoms with Gasteiger partial charge >= 0.3 is 5.97 Å². The van der Waals surface area contributed by atoms with Crippen LogP contribution < -0.4 is 0 Å². The van der Waals surface area contributed by atoms with E-state index in [0.717, 1.165) is 43.4 Å². The molecule has 1 N–H and O–H groups in total. The Kier molecular flexibility index (Phi) is 8.70. The fourth-order valence-corrected chi connectivity index (χ4v) is 9.39. The highest BCUT2D eigenvalue weighted by atomic mass is 16.5. The molecule has 4 aliphatic rings. The Balaban J connectivity index is 1.44. The molecular weight excluding hydrogens is 444 g/mol. The molecule has 4 aliphatic carbocycles. The highest BCUT2D eigenvalue weighted by Gasteiger charge is 2.61. The molecule has 0 amide bonds. The first-order valence-electron chi connectivity index (χ1n) is 15.5. The fourth-order valence-electron chi connectivity index (χ4n) is 9.39. The van der Waals surface area contributed by atoms with Crippen LogP contribution in [0.2, 0.25) is 0 Å². The van der Waals surface area contributed by atoms with Gasteiger partial charge in [-0.15, -0.1) is 0 Å². The molecule has 4 rings (SSSR count). The summed E-state index contributed by atoms with van der Waals surface area (Å²) in [6, 6.07) is 0. The van der Waals surface area contributed by atoms with Crippen LogP contribution >= 0.6 is 0 Å². The average Bonchev–Trinajstić information content (AvgIpc) is 3.15. The monoisotopic (exact) mass is 500 g/mol. The molecule has 9 atom stereocenters. The molecule has 9 unspecified atom stereocenters. The molecule has 0 heterocycles. The molecule has 0 saturated heterocycles. The van der Waals surface area contributed by atoms with E-state index >= 15 is 0 Å². The summed E-state index contributed by atoms with van der Waals surface area (Å²) in [7, 11) is 0. The molecule has 0 bridgehead atoms. The first-order valence-corrected chi connectivity index (χ1v) is 15.5. The van der Waals surface area contributed by atoms with E-state index < -0.39 is 0 Å². The summed E-state index contributed by atoms with van der Waals surface area (Å²) in [5.74, 6) is 4.49. The first kappa shape index (κ1) is 28.2. The topological polar surface area (TPSA) is 46.5 Å². The van der Waals surface area contributed by atoms with E-state index in [2.05, 4.69) is 54.5 Å². The molecule has 0 aromatic carbocycles. The predicted molar refractivity (Wildman–Crippen MR) is 148 cm³/mol. The number of hydrogen-bond donors (Lipinski definition) is 1. The van der Waals surface area contributed by atoms with Gasteiger partial charge in [-0.05, 0) is 97.2 Å². The molecule has 3 nitrogen and oxygen atoms in total. The maximum absolute atomic E-state index is 12.4. The molecule has 0 aliphatic heterocycles. The molecule has 3 fully saturated rings. The molecule has 0 radical (unpaired) electrons. The van der Waals surface area contributed by atoms with E-state index in [-0.39, 0.29) is 23.6 Å². The maximum Gasteiger partial charge on any atom is 0.306 e. The number of aliphatic hydroxyl groups is 1. The maximum atomic E-state index is 12.4. The number of hydrogen-bond acceptors (Lipinski definition) is 3. The SMILES string of the molecule is CC(C)CCCC(C)C1CCC2C3C(O)C=C4CC(OC(=O)CCC(C)C)CCC4(C)C3CCC12C. The molecule has 0 aromatic heterocycles. The Labute approximate surface area is 222 Å². The van der Waals surface area contributed by atoms with Crippen molar-refractivity contribution in [3.63, 3.8) is 0 Å². The molecule has 36 heavy (non-hydrogen) atoms. The summed E-state index contributed by atoms with van der Waals surface area (Å²) in [6.07, 6.45) is 15.5. The van der Waals surface area contributed by atoms with Gasteiger partial charge in [0.25, 0.3) is 0 Å².